The fourth-order valence-electron chi connectivity index (χ4n) is 1.64. The Balaban J connectivity index is 2.52. The van der Waals surface area contributed by atoms with Gasteiger partial charge in [0, 0.05) is 12.2 Å². The molecule has 0 aliphatic heterocycles. The number of aliphatic hydroxyl groups is 3. The van der Waals surface area contributed by atoms with Crippen LogP contribution in [0, 0.1) is 0 Å². The van der Waals surface area contributed by atoms with Crippen molar-refractivity contribution in [3.05, 3.63) is 23.8 Å². The number of aliphatic hydroxyl groups excluding tert-OH is 3. The van der Waals surface area contributed by atoms with Gasteiger partial charge in [-0.15, -0.1) is 0 Å². The van der Waals surface area contributed by atoms with Crippen LogP contribution in [0.4, 0.5) is 0 Å². The monoisotopic (exact) mass is 286 g/mol. The van der Waals surface area contributed by atoms with Gasteiger partial charge in [-0.2, -0.15) is 0 Å². The molecule has 0 aliphatic rings. The summed E-state index contributed by atoms with van der Waals surface area (Å²) in [7, 11) is 0. The molecule has 0 aromatic heterocycles. The van der Waals surface area contributed by atoms with Crippen molar-refractivity contribution in [3.63, 3.8) is 0 Å². The first-order chi connectivity index (χ1) is 9.81. The number of ether oxygens (including phenoxy) is 3. The topological polar surface area (TPSA) is 88.4 Å². The fourth-order valence-corrected chi connectivity index (χ4v) is 1.64. The molecule has 0 spiro atoms. The predicted octanol–water partition coefficient (Wildman–Crippen LogP) is -0.0198. The van der Waals surface area contributed by atoms with Crippen molar-refractivity contribution in [3.8, 4) is 11.5 Å². The molecular weight excluding hydrogens is 264 g/mol. The maximum Gasteiger partial charge on any atom is 0.122 e. The van der Waals surface area contributed by atoms with Gasteiger partial charge >= 0.3 is 0 Å². The third kappa shape index (κ3) is 6.21. The van der Waals surface area contributed by atoms with Crippen LogP contribution in [-0.4, -0.2) is 61.6 Å². The molecule has 0 aliphatic carbocycles. The summed E-state index contributed by atoms with van der Waals surface area (Å²) in [6.07, 6.45) is 0.457. The van der Waals surface area contributed by atoms with Crippen molar-refractivity contribution < 1.29 is 29.5 Å². The number of rotatable bonds is 11. The third-order valence-corrected chi connectivity index (χ3v) is 2.49. The van der Waals surface area contributed by atoms with E-state index in [1.807, 2.05) is 0 Å². The van der Waals surface area contributed by atoms with Crippen LogP contribution >= 0.6 is 0 Å². The van der Waals surface area contributed by atoms with E-state index < -0.39 is 0 Å². The van der Waals surface area contributed by atoms with Crippen LogP contribution in [-0.2, 0) is 11.2 Å². The molecule has 1 aromatic carbocycles. The first-order valence-corrected chi connectivity index (χ1v) is 6.60. The molecule has 1 rings (SSSR count). The first kappa shape index (κ1) is 16.7. The standard InChI is InChI=1S/C14H22O6/c15-4-3-12-11-13(19-10-9-18-7-5-16)1-2-14(12)20-8-6-17/h1-2,11,15-17H,3-10H2. The summed E-state index contributed by atoms with van der Waals surface area (Å²) >= 11 is 0. The Labute approximate surface area is 118 Å². The molecule has 114 valence electrons. The third-order valence-electron chi connectivity index (χ3n) is 2.49. The van der Waals surface area contributed by atoms with E-state index in [2.05, 4.69) is 0 Å². The summed E-state index contributed by atoms with van der Waals surface area (Å²) in [5, 5.41) is 26.4. The zero-order chi connectivity index (χ0) is 14.6. The average molecular weight is 286 g/mol. The normalized spacial score (nSPS) is 10.6. The zero-order valence-corrected chi connectivity index (χ0v) is 11.5. The van der Waals surface area contributed by atoms with E-state index in [4.69, 9.17) is 29.5 Å². The fraction of sp³-hybridized carbons (Fsp3) is 0.571. The lowest BCUT2D eigenvalue weighted by Gasteiger charge is -2.13. The van der Waals surface area contributed by atoms with Crippen molar-refractivity contribution in [2.24, 2.45) is 0 Å². The minimum atomic E-state index is -0.0565. The Morgan fingerprint density at radius 2 is 1.60 bits per heavy atom. The summed E-state index contributed by atoms with van der Waals surface area (Å²) in [6.45, 7) is 1.25. The van der Waals surface area contributed by atoms with Crippen molar-refractivity contribution in [2.45, 2.75) is 6.42 Å². The largest absolute Gasteiger partial charge is 0.491 e. The molecule has 0 radical (unpaired) electrons. The Morgan fingerprint density at radius 1 is 0.800 bits per heavy atom. The van der Waals surface area contributed by atoms with Crippen LogP contribution in [0.3, 0.4) is 0 Å². The Kier molecular flexibility index (Phi) is 8.73. The Morgan fingerprint density at radius 3 is 2.30 bits per heavy atom. The Hall–Kier alpha value is -1.34. The highest BCUT2D eigenvalue weighted by atomic mass is 16.5. The maximum absolute atomic E-state index is 9.04. The van der Waals surface area contributed by atoms with Crippen LogP contribution in [0.2, 0.25) is 0 Å². The molecule has 0 saturated carbocycles. The summed E-state index contributed by atoms with van der Waals surface area (Å²) in [5.41, 5.74) is 0.828. The average Bonchev–Trinajstić information content (AvgIpc) is 2.46. The van der Waals surface area contributed by atoms with Gasteiger partial charge in [-0.25, -0.2) is 0 Å². The number of hydrogen-bond acceptors (Lipinski definition) is 6. The first-order valence-electron chi connectivity index (χ1n) is 6.60. The minimum absolute atomic E-state index is 0.00244. The van der Waals surface area contributed by atoms with Gasteiger partial charge in [-0.1, -0.05) is 0 Å². The molecule has 0 unspecified atom stereocenters. The molecule has 0 heterocycles. The van der Waals surface area contributed by atoms with Gasteiger partial charge in [0.05, 0.1) is 26.4 Å². The molecule has 0 saturated heterocycles. The molecule has 0 fully saturated rings. The maximum atomic E-state index is 9.04. The van der Waals surface area contributed by atoms with E-state index in [0.717, 1.165) is 5.56 Å². The van der Waals surface area contributed by atoms with Crippen LogP contribution < -0.4 is 9.47 Å². The minimum Gasteiger partial charge on any atom is -0.491 e. The lowest BCUT2D eigenvalue weighted by atomic mass is 10.1. The van der Waals surface area contributed by atoms with E-state index in [1.54, 1.807) is 18.2 Å². The summed E-state index contributed by atoms with van der Waals surface area (Å²) in [5.74, 6) is 1.30. The molecule has 0 bridgehead atoms. The van der Waals surface area contributed by atoms with E-state index in [1.165, 1.54) is 0 Å². The SMILES string of the molecule is OCCOCCOc1ccc(OCCO)c(CCO)c1. The quantitative estimate of drug-likeness (QED) is 0.496. The van der Waals surface area contributed by atoms with Crippen LogP contribution in [0.25, 0.3) is 0 Å². The smallest absolute Gasteiger partial charge is 0.122 e. The van der Waals surface area contributed by atoms with E-state index in [-0.39, 0.29) is 26.4 Å². The van der Waals surface area contributed by atoms with E-state index in [9.17, 15) is 0 Å². The molecule has 6 heteroatoms. The molecule has 0 atom stereocenters. The molecule has 3 N–H and O–H groups in total. The van der Waals surface area contributed by atoms with Crippen LogP contribution in [0.1, 0.15) is 5.56 Å². The van der Waals surface area contributed by atoms with Crippen LogP contribution in [0.5, 0.6) is 11.5 Å². The summed E-state index contributed by atoms with van der Waals surface area (Å²) < 4.78 is 16.0. The van der Waals surface area contributed by atoms with Crippen molar-refractivity contribution >= 4 is 0 Å². The van der Waals surface area contributed by atoms with Gasteiger partial charge in [0.25, 0.3) is 0 Å². The highest BCUT2D eigenvalue weighted by Gasteiger charge is 2.06. The highest BCUT2D eigenvalue weighted by molar-refractivity contribution is 5.40. The second kappa shape index (κ2) is 10.4. The van der Waals surface area contributed by atoms with Gasteiger partial charge < -0.3 is 29.5 Å². The van der Waals surface area contributed by atoms with E-state index in [0.29, 0.717) is 37.7 Å². The second-order valence-electron chi connectivity index (χ2n) is 4.00. The highest BCUT2D eigenvalue weighted by Crippen LogP contribution is 2.24. The van der Waals surface area contributed by atoms with Crippen molar-refractivity contribution in [1.82, 2.24) is 0 Å². The van der Waals surface area contributed by atoms with Gasteiger partial charge in [0.1, 0.15) is 24.7 Å². The summed E-state index contributed by atoms with van der Waals surface area (Å²) in [4.78, 5) is 0. The van der Waals surface area contributed by atoms with Gasteiger partial charge in [-0.05, 0) is 24.6 Å². The van der Waals surface area contributed by atoms with Gasteiger partial charge in [0.2, 0.25) is 0 Å². The predicted molar refractivity (Wildman–Crippen MR) is 73.2 cm³/mol. The van der Waals surface area contributed by atoms with Crippen molar-refractivity contribution in [1.29, 1.82) is 0 Å². The summed E-state index contributed by atoms with van der Waals surface area (Å²) in [6, 6.07) is 5.32. The van der Waals surface area contributed by atoms with E-state index >= 15 is 0 Å². The molecule has 1 aromatic rings. The lowest BCUT2D eigenvalue weighted by molar-refractivity contribution is 0.0705. The number of benzene rings is 1. The lowest BCUT2D eigenvalue weighted by Crippen LogP contribution is -2.09. The molecule has 6 nitrogen and oxygen atoms in total. The number of hydrogen-bond donors (Lipinski definition) is 3. The Bertz CT molecular complexity index is 369. The zero-order valence-electron chi connectivity index (χ0n) is 11.5. The second-order valence-corrected chi connectivity index (χ2v) is 4.00. The molecule has 0 amide bonds. The molecule has 20 heavy (non-hydrogen) atoms. The van der Waals surface area contributed by atoms with Gasteiger partial charge in [0.15, 0.2) is 0 Å². The van der Waals surface area contributed by atoms with Gasteiger partial charge in [-0.3, -0.25) is 0 Å². The molecular formula is C14H22O6. The van der Waals surface area contributed by atoms with Crippen molar-refractivity contribution in [2.75, 3.05) is 46.2 Å². The van der Waals surface area contributed by atoms with Crippen LogP contribution in [0.15, 0.2) is 18.2 Å².